The maximum absolute atomic E-state index is 11.3. The number of hydrogen-bond acceptors (Lipinski definition) is 5. The van der Waals surface area contributed by atoms with Gasteiger partial charge in [0, 0.05) is 24.4 Å². The number of nitrogens with two attached hydrogens (primary N) is 1. The van der Waals surface area contributed by atoms with E-state index in [1.54, 1.807) is 12.4 Å². The Morgan fingerprint density at radius 1 is 1.50 bits per heavy atom. The van der Waals surface area contributed by atoms with Gasteiger partial charge in [-0.05, 0) is 6.92 Å². The van der Waals surface area contributed by atoms with Crippen LogP contribution in [0.15, 0.2) is 12.4 Å². The van der Waals surface area contributed by atoms with Gasteiger partial charge in [0.25, 0.3) is 0 Å². The zero-order valence-electron chi connectivity index (χ0n) is 9.86. The third kappa shape index (κ3) is 2.55. The van der Waals surface area contributed by atoms with Crippen LogP contribution in [0.3, 0.4) is 0 Å². The molecule has 1 aromatic heterocycles. The van der Waals surface area contributed by atoms with Gasteiger partial charge < -0.3 is 10.5 Å². The summed E-state index contributed by atoms with van der Waals surface area (Å²) in [6.45, 7) is 4.07. The molecule has 1 rings (SSSR count). The van der Waals surface area contributed by atoms with E-state index in [-0.39, 0.29) is 12.4 Å². The summed E-state index contributed by atoms with van der Waals surface area (Å²) >= 11 is 0. The van der Waals surface area contributed by atoms with Gasteiger partial charge >= 0.3 is 5.97 Å². The molecule has 2 N–H and O–H groups in total. The highest BCUT2D eigenvalue weighted by atomic mass is 16.5. The van der Waals surface area contributed by atoms with Crippen LogP contribution in [0.5, 0.6) is 0 Å². The molecule has 5 nitrogen and oxygen atoms in total. The highest BCUT2D eigenvalue weighted by Gasteiger charge is 2.32. The van der Waals surface area contributed by atoms with Gasteiger partial charge in [-0.3, -0.25) is 14.8 Å². The van der Waals surface area contributed by atoms with Crippen molar-refractivity contribution in [2.45, 2.75) is 25.7 Å². The predicted octanol–water partition coefficient (Wildman–Crippen LogP) is 0.565. The molecule has 0 bridgehead atoms. The number of rotatable bonds is 4. The molecule has 0 amide bonds. The van der Waals surface area contributed by atoms with Gasteiger partial charge in [0.2, 0.25) is 0 Å². The maximum Gasteiger partial charge on any atom is 0.306 e. The topological polar surface area (TPSA) is 78.1 Å². The highest BCUT2D eigenvalue weighted by Crippen LogP contribution is 2.26. The molecule has 88 valence electrons. The fourth-order valence-electron chi connectivity index (χ4n) is 1.64. The molecule has 1 atom stereocenters. The van der Waals surface area contributed by atoms with E-state index in [1.165, 1.54) is 7.11 Å². The Bertz CT molecular complexity index is 381. The van der Waals surface area contributed by atoms with E-state index in [9.17, 15) is 4.79 Å². The Kier molecular flexibility index (Phi) is 3.95. The molecule has 0 radical (unpaired) electrons. The third-order valence-corrected chi connectivity index (χ3v) is 2.67. The highest BCUT2D eigenvalue weighted by molar-refractivity contribution is 5.71. The molecule has 0 aliphatic rings. The number of esters is 1. The van der Waals surface area contributed by atoms with Gasteiger partial charge in [-0.1, -0.05) is 6.92 Å². The molecule has 5 heteroatoms. The monoisotopic (exact) mass is 223 g/mol. The van der Waals surface area contributed by atoms with E-state index in [0.717, 1.165) is 11.4 Å². The third-order valence-electron chi connectivity index (χ3n) is 2.67. The summed E-state index contributed by atoms with van der Waals surface area (Å²) in [6, 6.07) is 0. The van der Waals surface area contributed by atoms with E-state index in [2.05, 4.69) is 14.7 Å². The molecule has 1 heterocycles. The number of hydrogen-bond donors (Lipinski definition) is 1. The molecule has 0 aliphatic carbocycles. The molecule has 0 aromatic carbocycles. The van der Waals surface area contributed by atoms with Crippen molar-refractivity contribution in [1.82, 2.24) is 9.97 Å². The first-order valence-electron chi connectivity index (χ1n) is 5.08. The first-order chi connectivity index (χ1) is 7.53. The number of carbonyl (C=O) groups excluding carboxylic acids is 1. The van der Waals surface area contributed by atoms with Crippen molar-refractivity contribution >= 4 is 5.97 Å². The number of methoxy groups -OCH3 is 1. The van der Waals surface area contributed by atoms with Crippen LogP contribution in [0.4, 0.5) is 0 Å². The number of aryl methyl sites for hydroxylation is 1. The lowest BCUT2D eigenvalue weighted by Crippen LogP contribution is -2.36. The standard InChI is InChI=1S/C11H17N3O2/c1-8-10(14-5-4-13-8)11(2,7-12)6-9(15)16-3/h4-5H,6-7,12H2,1-3H3. The van der Waals surface area contributed by atoms with Crippen LogP contribution in [-0.4, -0.2) is 29.6 Å². The summed E-state index contributed by atoms with van der Waals surface area (Å²) in [5.74, 6) is -0.294. The number of nitrogens with zero attached hydrogens (tertiary/aromatic N) is 2. The molecular weight excluding hydrogens is 206 g/mol. The summed E-state index contributed by atoms with van der Waals surface area (Å²) in [5, 5.41) is 0. The van der Waals surface area contributed by atoms with Crippen LogP contribution in [0.2, 0.25) is 0 Å². The SMILES string of the molecule is COC(=O)CC(C)(CN)c1nccnc1C. The van der Waals surface area contributed by atoms with Crippen molar-refractivity contribution in [3.05, 3.63) is 23.8 Å². The molecular formula is C11H17N3O2. The lowest BCUT2D eigenvalue weighted by atomic mass is 9.82. The van der Waals surface area contributed by atoms with Crippen LogP contribution >= 0.6 is 0 Å². The van der Waals surface area contributed by atoms with Gasteiger partial charge in [0.15, 0.2) is 0 Å². The summed E-state index contributed by atoms with van der Waals surface area (Å²) < 4.78 is 4.67. The predicted molar refractivity (Wildman–Crippen MR) is 59.8 cm³/mol. The van der Waals surface area contributed by atoms with E-state index in [1.807, 2.05) is 13.8 Å². The zero-order valence-corrected chi connectivity index (χ0v) is 9.86. The van der Waals surface area contributed by atoms with Crippen LogP contribution in [0, 0.1) is 6.92 Å². The Morgan fingerprint density at radius 3 is 2.62 bits per heavy atom. The second-order valence-corrected chi connectivity index (χ2v) is 4.01. The number of carbonyl (C=O) groups is 1. The van der Waals surface area contributed by atoms with Crippen molar-refractivity contribution in [1.29, 1.82) is 0 Å². The van der Waals surface area contributed by atoms with Crippen LogP contribution in [0.25, 0.3) is 0 Å². The fraction of sp³-hybridized carbons (Fsp3) is 0.545. The van der Waals surface area contributed by atoms with Crippen LogP contribution in [-0.2, 0) is 14.9 Å². The van der Waals surface area contributed by atoms with E-state index in [4.69, 9.17) is 5.73 Å². The van der Waals surface area contributed by atoms with E-state index < -0.39 is 5.41 Å². The smallest absolute Gasteiger partial charge is 0.306 e. The van der Waals surface area contributed by atoms with Crippen molar-refractivity contribution in [3.8, 4) is 0 Å². The molecule has 0 fully saturated rings. The van der Waals surface area contributed by atoms with Crippen molar-refractivity contribution in [2.75, 3.05) is 13.7 Å². The molecule has 16 heavy (non-hydrogen) atoms. The second-order valence-electron chi connectivity index (χ2n) is 4.01. The fourth-order valence-corrected chi connectivity index (χ4v) is 1.64. The van der Waals surface area contributed by atoms with Crippen LogP contribution < -0.4 is 5.73 Å². The molecule has 0 spiro atoms. The average Bonchev–Trinajstić information content (AvgIpc) is 2.29. The lowest BCUT2D eigenvalue weighted by Gasteiger charge is -2.26. The zero-order chi connectivity index (χ0) is 12.2. The van der Waals surface area contributed by atoms with E-state index >= 15 is 0 Å². The van der Waals surface area contributed by atoms with Gasteiger partial charge in [-0.25, -0.2) is 0 Å². The Labute approximate surface area is 95.0 Å². The molecule has 0 aliphatic heterocycles. The van der Waals surface area contributed by atoms with Gasteiger partial charge in [-0.2, -0.15) is 0 Å². The largest absolute Gasteiger partial charge is 0.469 e. The molecule has 0 saturated carbocycles. The summed E-state index contributed by atoms with van der Waals surface area (Å²) in [5.41, 5.74) is 6.76. The average molecular weight is 223 g/mol. The van der Waals surface area contributed by atoms with Gasteiger partial charge in [-0.15, -0.1) is 0 Å². The van der Waals surface area contributed by atoms with Crippen LogP contribution in [0.1, 0.15) is 24.7 Å². The second kappa shape index (κ2) is 5.03. The Hall–Kier alpha value is -1.49. The molecule has 0 saturated heterocycles. The van der Waals surface area contributed by atoms with Gasteiger partial charge in [0.05, 0.1) is 24.9 Å². The minimum absolute atomic E-state index is 0.208. The number of aromatic nitrogens is 2. The van der Waals surface area contributed by atoms with E-state index in [0.29, 0.717) is 6.54 Å². The first kappa shape index (κ1) is 12.6. The van der Waals surface area contributed by atoms with Crippen molar-refractivity contribution in [2.24, 2.45) is 5.73 Å². The maximum atomic E-state index is 11.3. The quantitative estimate of drug-likeness (QED) is 0.755. The van der Waals surface area contributed by atoms with Gasteiger partial charge in [0.1, 0.15) is 0 Å². The first-order valence-corrected chi connectivity index (χ1v) is 5.08. The minimum atomic E-state index is -0.522. The normalized spacial score (nSPS) is 14.2. The molecule has 1 unspecified atom stereocenters. The Balaban J connectivity index is 3.05. The van der Waals surface area contributed by atoms with Crippen molar-refractivity contribution in [3.63, 3.8) is 0 Å². The Morgan fingerprint density at radius 2 is 2.12 bits per heavy atom. The molecule has 1 aromatic rings. The van der Waals surface area contributed by atoms with Crippen molar-refractivity contribution < 1.29 is 9.53 Å². The minimum Gasteiger partial charge on any atom is -0.469 e. The summed E-state index contributed by atoms with van der Waals surface area (Å²) in [4.78, 5) is 19.8. The lowest BCUT2D eigenvalue weighted by molar-refractivity contribution is -0.142. The summed E-state index contributed by atoms with van der Waals surface area (Å²) in [6.07, 6.45) is 3.43. The number of ether oxygens (including phenoxy) is 1. The summed E-state index contributed by atoms with van der Waals surface area (Å²) in [7, 11) is 1.36.